The van der Waals surface area contributed by atoms with Gasteiger partial charge in [0, 0.05) is 13.6 Å². The van der Waals surface area contributed by atoms with E-state index in [1.807, 2.05) is 11.9 Å². The molecule has 4 nitrogen and oxygen atoms in total. The molecule has 100 valence electrons. The van der Waals surface area contributed by atoms with Crippen LogP contribution in [0.1, 0.15) is 37.0 Å². The van der Waals surface area contributed by atoms with Crippen LogP contribution < -0.4 is 10.6 Å². The third-order valence-electron chi connectivity index (χ3n) is 2.79. The number of rotatable bonds is 6. The lowest BCUT2D eigenvalue weighted by molar-refractivity contribution is 0.0527. The number of nitrogen functional groups attached to an aromatic ring is 1. The molecule has 18 heavy (non-hydrogen) atoms. The van der Waals surface area contributed by atoms with Gasteiger partial charge in [0.2, 0.25) is 0 Å². The molecule has 0 aliphatic carbocycles. The first kappa shape index (κ1) is 14.4. The molecule has 1 aromatic rings. The standard InChI is InChI=1S/C14H22N2O2/c1-4-6-10-16(3)13-11(14(17)18-5-2)8-7-9-12(13)15/h7-9H,4-6,10,15H2,1-3H3. The Kier molecular flexibility index (Phi) is 5.49. The Morgan fingerprint density at radius 3 is 2.72 bits per heavy atom. The number of nitrogens with zero attached hydrogens (tertiary/aromatic N) is 1. The van der Waals surface area contributed by atoms with Crippen LogP contribution in [0.25, 0.3) is 0 Å². The van der Waals surface area contributed by atoms with Crippen LogP contribution in [-0.4, -0.2) is 26.2 Å². The first-order valence-electron chi connectivity index (χ1n) is 6.38. The van der Waals surface area contributed by atoms with Crippen LogP contribution in [0, 0.1) is 0 Å². The molecule has 0 saturated carbocycles. The van der Waals surface area contributed by atoms with Crippen LogP contribution in [0.4, 0.5) is 11.4 Å². The quantitative estimate of drug-likeness (QED) is 0.623. The third kappa shape index (κ3) is 3.39. The highest BCUT2D eigenvalue weighted by atomic mass is 16.5. The summed E-state index contributed by atoms with van der Waals surface area (Å²) in [5, 5.41) is 0. The van der Waals surface area contributed by atoms with Gasteiger partial charge in [0.05, 0.1) is 23.5 Å². The van der Waals surface area contributed by atoms with Crippen LogP contribution >= 0.6 is 0 Å². The van der Waals surface area contributed by atoms with Crippen molar-refractivity contribution in [3.8, 4) is 0 Å². The summed E-state index contributed by atoms with van der Waals surface area (Å²) in [4.78, 5) is 13.9. The Morgan fingerprint density at radius 1 is 1.39 bits per heavy atom. The summed E-state index contributed by atoms with van der Waals surface area (Å²) in [6.07, 6.45) is 2.17. The molecule has 0 amide bonds. The largest absolute Gasteiger partial charge is 0.462 e. The fraction of sp³-hybridized carbons (Fsp3) is 0.500. The van der Waals surface area contributed by atoms with E-state index in [-0.39, 0.29) is 5.97 Å². The summed E-state index contributed by atoms with van der Waals surface area (Å²) in [7, 11) is 1.95. The van der Waals surface area contributed by atoms with Crippen molar-refractivity contribution < 1.29 is 9.53 Å². The van der Waals surface area contributed by atoms with E-state index in [4.69, 9.17) is 10.5 Å². The lowest BCUT2D eigenvalue weighted by atomic mass is 10.1. The summed E-state index contributed by atoms with van der Waals surface area (Å²) in [5.41, 5.74) is 7.89. The minimum Gasteiger partial charge on any atom is -0.462 e. The molecule has 0 aliphatic heterocycles. The van der Waals surface area contributed by atoms with E-state index in [1.54, 1.807) is 25.1 Å². The monoisotopic (exact) mass is 250 g/mol. The number of benzene rings is 1. The molecule has 0 unspecified atom stereocenters. The fourth-order valence-corrected chi connectivity index (χ4v) is 1.87. The average Bonchev–Trinajstić information content (AvgIpc) is 2.35. The first-order valence-corrected chi connectivity index (χ1v) is 6.38. The summed E-state index contributed by atoms with van der Waals surface area (Å²) in [5.74, 6) is -0.317. The van der Waals surface area contributed by atoms with Crippen LogP contribution in [0.5, 0.6) is 0 Å². The topological polar surface area (TPSA) is 55.6 Å². The van der Waals surface area contributed by atoms with E-state index >= 15 is 0 Å². The van der Waals surface area contributed by atoms with Crippen LogP contribution in [0.3, 0.4) is 0 Å². The molecule has 0 aromatic heterocycles. The van der Waals surface area contributed by atoms with E-state index in [0.29, 0.717) is 17.9 Å². The van der Waals surface area contributed by atoms with Gasteiger partial charge < -0.3 is 15.4 Å². The van der Waals surface area contributed by atoms with Crippen molar-refractivity contribution in [2.45, 2.75) is 26.7 Å². The number of unbranched alkanes of at least 4 members (excludes halogenated alkanes) is 1. The van der Waals surface area contributed by atoms with E-state index in [1.165, 1.54) is 0 Å². The maximum atomic E-state index is 11.9. The zero-order chi connectivity index (χ0) is 13.5. The SMILES string of the molecule is CCCCN(C)c1c(N)cccc1C(=O)OCC. The normalized spacial score (nSPS) is 10.2. The maximum absolute atomic E-state index is 11.9. The number of ether oxygens (including phenoxy) is 1. The van der Waals surface area contributed by atoms with Crippen LogP contribution in [-0.2, 0) is 4.74 Å². The van der Waals surface area contributed by atoms with Crippen molar-refractivity contribution in [3.63, 3.8) is 0 Å². The second kappa shape index (κ2) is 6.89. The minimum absolute atomic E-state index is 0.317. The van der Waals surface area contributed by atoms with Gasteiger partial charge in [-0.3, -0.25) is 0 Å². The number of hydrogen-bond acceptors (Lipinski definition) is 4. The molecular formula is C14H22N2O2. The van der Waals surface area contributed by atoms with E-state index in [9.17, 15) is 4.79 Å². The molecule has 0 fully saturated rings. The summed E-state index contributed by atoms with van der Waals surface area (Å²) in [6, 6.07) is 5.34. The second-order valence-corrected chi connectivity index (χ2v) is 4.24. The van der Waals surface area contributed by atoms with Gasteiger partial charge in [0.1, 0.15) is 0 Å². The lowest BCUT2D eigenvalue weighted by Gasteiger charge is -2.23. The van der Waals surface area contributed by atoms with Crippen molar-refractivity contribution in [1.29, 1.82) is 0 Å². The number of anilines is 2. The summed E-state index contributed by atoms with van der Waals surface area (Å²) in [6.45, 7) is 5.17. The van der Waals surface area contributed by atoms with Crippen molar-refractivity contribution in [2.24, 2.45) is 0 Å². The van der Waals surface area contributed by atoms with Crippen molar-refractivity contribution in [2.75, 3.05) is 30.8 Å². The predicted molar refractivity (Wildman–Crippen MR) is 75.0 cm³/mol. The summed E-state index contributed by atoms with van der Waals surface area (Å²) < 4.78 is 5.06. The number of nitrogens with two attached hydrogens (primary N) is 1. The van der Waals surface area contributed by atoms with Gasteiger partial charge in [-0.05, 0) is 25.5 Å². The van der Waals surface area contributed by atoms with E-state index in [2.05, 4.69) is 6.92 Å². The highest BCUT2D eigenvalue weighted by molar-refractivity contribution is 5.99. The average molecular weight is 250 g/mol. The predicted octanol–water partition coefficient (Wildman–Crippen LogP) is 2.68. The molecule has 0 radical (unpaired) electrons. The van der Waals surface area contributed by atoms with Gasteiger partial charge in [-0.1, -0.05) is 19.4 Å². The highest BCUT2D eigenvalue weighted by Crippen LogP contribution is 2.27. The Bertz CT molecular complexity index is 405. The van der Waals surface area contributed by atoms with Gasteiger partial charge in [0.15, 0.2) is 0 Å². The Labute approximate surface area is 109 Å². The zero-order valence-corrected chi connectivity index (χ0v) is 11.4. The lowest BCUT2D eigenvalue weighted by Crippen LogP contribution is -2.23. The summed E-state index contributed by atoms with van der Waals surface area (Å²) >= 11 is 0. The van der Waals surface area contributed by atoms with Gasteiger partial charge in [-0.25, -0.2) is 4.79 Å². The fourth-order valence-electron chi connectivity index (χ4n) is 1.87. The van der Waals surface area contributed by atoms with E-state index < -0.39 is 0 Å². The van der Waals surface area contributed by atoms with Crippen LogP contribution in [0.15, 0.2) is 18.2 Å². The Morgan fingerprint density at radius 2 is 2.11 bits per heavy atom. The molecule has 2 N–H and O–H groups in total. The van der Waals surface area contributed by atoms with Gasteiger partial charge >= 0.3 is 5.97 Å². The molecular weight excluding hydrogens is 228 g/mol. The minimum atomic E-state index is -0.317. The molecule has 1 aromatic carbocycles. The number of hydrogen-bond donors (Lipinski definition) is 1. The number of para-hydroxylation sites is 1. The Hall–Kier alpha value is -1.71. The molecule has 1 rings (SSSR count). The van der Waals surface area contributed by atoms with Gasteiger partial charge in [-0.15, -0.1) is 0 Å². The number of esters is 1. The number of carbonyl (C=O) groups is 1. The van der Waals surface area contributed by atoms with Gasteiger partial charge in [-0.2, -0.15) is 0 Å². The molecule has 0 spiro atoms. The third-order valence-corrected chi connectivity index (χ3v) is 2.79. The second-order valence-electron chi connectivity index (χ2n) is 4.24. The molecule has 0 heterocycles. The Balaban J connectivity index is 3.03. The van der Waals surface area contributed by atoms with Crippen molar-refractivity contribution >= 4 is 17.3 Å². The number of carbonyl (C=O) groups excluding carboxylic acids is 1. The molecule has 0 atom stereocenters. The van der Waals surface area contributed by atoms with Crippen molar-refractivity contribution in [3.05, 3.63) is 23.8 Å². The van der Waals surface area contributed by atoms with Crippen molar-refractivity contribution in [1.82, 2.24) is 0 Å². The zero-order valence-electron chi connectivity index (χ0n) is 11.4. The smallest absolute Gasteiger partial charge is 0.340 e. The molecule has 0 saturated heterocycles. The molecule has 0 aliphatic rings. The molecule has 0 bridgehead atoms. The van der Waals surface area contributed by atoms with E-state index in [0.717, 1.165) is 25.1 Å². The van der Waals surface area contributed by atoms with Gasteiger partial charge in [0.25, 0.3) is 0 Å². The first-order chi connectivity index (χ1) is 8.61. The highest BCUT2D eigenvalue weighted by Gasteiger charge is 2.17. The molecule has 4 heteroatoms. The van der Waals surface area contributed by atoms with Crippen LogP contribution in [0.2, 0.25) is 0 Å². The maximum Gasteiger partial charge on any atom is 0.340 e.